The monoisotopic (exact) mass is 264 g/mol. The van der Waals surface area contributed by atoms with Gasteiger partial charge in [-0.15, -0.1) is 0 Å². The summed E-state index contributed by atoms with van der Waals surface area (Å²) in [7, 11) is 0. The fourth-order valence-corrected chi connectivity index (χ4v) is 1.49. The Bertz CT molecular complexity index is 653. The molecule has 0 spiro atoms. The molecule has 0 aliphatic heterocycles. The van der Waals surface area contributed by atoms with Gasteiger partial charge in [0.25, 0.3) is 5.91 Å². The fourth-order valence-electron chi connectivity index (χ4n) is 1.34. The number of hydrogen-bond donors (Lipinski definition) is 2. The van der Waals surface area contributed by atoms with Crippen LogP contribution < -0.4 is 10.7 Å². The van der Waals surface area contributed by atoms with Gasteiger partial charge in [0.1, 0.15) is 11.4 Å². The van der Waals surface area contributed by atoms with E-state index in [0.29, 0.717) is 5.69 Å². The highest BCUT2D eigenvalue weighted by Gasteiger charge is 2.11. The summed E-state index contributed by atoms with van der Waals surface area (Å²) in [5, 5.41) is 2.48. The van der Waals surface area contributed by atoms with Crippen molar-refractivity contribution in [2.75, 3.05) is 5.32 Å². The van der Waals surface area contributed by atoms with Gasteiger partial charge in [-0.25, -0.2) is 9.97 Å². The van der Waals surface area contributed by atoms with Gasteiger partial charge >= 0.3 is 0 Å². The van der Waals surface area contributed by atoms with Crippen LogP contribution in [0, 0.1) is 6.92 Å². The number of rotatable bonds is 2. The van der Waals surface area contributed by atoms with Gasteiger partial charge in [-0.1, -0.05) is 0 Å². The number of hydrogen-bond acceptors (Lipinski definition) is 4. The Hall–Kier alpha value is -2.21. The van der Waals surface area contributed by atoms with E-state index in [0.717, 1.165) is 0 Å². The number of H-pyrrole nitrogens is 1. The zero-order chi connectivity index (χ0) is 13.1. The van der Waals surface area contributed by atoms with E-state index in [1.807, 2.05) is 0 Å². The summed E-state index contributed by atoms with van der Waals surface area (Å²) in [6.45, 7) is 1.73. The zero-order valence-electron chi connectivity index (χ0n) is 9.40. The molecule has 1 amide bonds. The van der Waals surface area contributed by atoms with E-state index in [1.54, 1.807) is 6.92 Å². The van der Waals surface area contributed by atoms with Gasteiger partial charge < -0.3 is 10.3 Å². The number of nitrogens with one attached hydrogen (secondary N) is 2. The molecule has 7 heteroatoms. The molecule has 0 aliphatic carbocycles. The number of aromatic nitrogens is 3. The molecular weight excluding hydrogens is 256 g/mol. The van der Waals surface area contributed by atoms with Gasteiger partial charge in [-0.05, 0) is 24.6 Å². The number of carbonyl (C=O) groups excluding carboxylic acids is 1. The lowest BCUT2D eigenvalue weighted by molar-refractivity contribution is 0.102. The first-order chi connectivity index (χ1) is 8.56. The minimum Gasteiger partial charge on any atom is -0.364 e. The zero-order valence-corrected chi connectivity index (χ0v) is 10.2. The molecule has 0 unspecified atom stereocenters. The molecular formula is C11H9ClN4O2. The molecule has 2 rings (SSSR count). The summed E-state index contributed by atoms with van der Waals surface area (Å²) in [5.74, 6) is -0.314. The highest BCUT2D eigenvalue weighted by molar-refractivity contribution is 6.28. The summed E-state index contributed by atoms with van der Waals surface area (Å²) in [6.07, 6.45) is 2.76. The molecule has 0 saturated carbocycles. The number of nitrogens with zero attached hydrogens (tertiary/aromatic N) is 2. The Morgan fingerprint density at radius 1 is 1.50 bits per heavy atom. The molecule has 0 radical (unpaired) electrons. The molecule has 0 aliphatic rings. The molecule has 0 bridgehead atoms. The maximum Gasteiger partial charge on any atom is 0.262 e. The molecule has 2 N–H and O–H groups in total. The van der Waals surface area contributed by atoms with Gasteiger partial charge in [0.2, 0.25) is 5.28 Å². The Morgan fingerprint density at radius 3 is 2.94 bits per heavy atom. The van der Waals surface area contributed by atoms with E-state index >= 15 is 0 Å². The standard InChI is InChI=1S/C11H9ClN4O2/c1-6-4-8(17)7(5-14-6)10(18)15-9-2-3-13-11(12)16-9/h2-5H,1H3,(H,14,17)(H,13,15,16,18). The van der Waals surface area contributed by atoms with Gasteiger partial charge in [0, 0.05) is 24.2 Å². The van der Waals surface area contributed by atoms with Crippen molar-refractivity contribution in [1.29, 1.82) is 0 Å². The van der Waals surface area contributed by atoms with Gasteiger partial charge in [-0.3, -0.25) is 9.59 Å². The third-order valence-electron chi connectivity index (χ3n) is 2.17. The smallest absolute Gasteiger partial charge is 0.262 e. The van der Waals surface area contributed by atoms with Crippen LogP contribution in [0.5, 0.6) is 0 Å². The molecule has 92 valence electrons. The second kappa shape index (κ2) is 4.97. The maximum atomic E-state index is 11.8. The van der Waals surface area contributed by atoms with Crippen LogP contribution in [-0.2, 0) is 0 Å². The number of amides is 1. The highest BCUT2D eigenvalue weighted by Crippen LogP contribution is 2.06. The number of anilines is 1. The largest absolute Gasteiger partial charge is 0.364 e. The molecule has 0 atom stereocenters. The number of aryl methyl sites for hydroxylation is 1. The van der Waals surface area contributed by atoms with Crippen molar-refractivity contribution in [3.05, 3.63) is 51.3 Å². The molecule has 2 aromatic rings. The van der Waals surface area contributed by atoms with Crippen LogP contribution in [0.15, 0.2) is 29.3 Å². The Labute approximate surface area is 107 Å². The topological polar surface area (TPSA) is 87.7 Å². The SMILES string of the molecule is Cc1cc(=O)c(C(=O)Nc2ccnc(Cl)n2)c[nH]1. The summed E-state index contributed by atoms with van der Waals surface area (Å²) in [5.41, 5.74) is 0.334. The average molecular weight is 265 g/mol. The van der Waals surface area contributed by atoms with Crippen LogP contribution in [0.2, 0.25) is 5.28 Å². The summed E-state index contributed by atoms with van der Waals surface area (Å²) >= 11 is 5.58. The predicted octanol–water partition coefficient (Wildman–Crippen LogP) is 1.38. The van der Waals surface area contributed by atoms with Crippen molar-refractivity contribution in [3.63, 3.8) is 0 Å². The first kappa shape index (κ1) is 12.3. The van der Waals surface area contributed by atoms with Crippen molar-refractivity contribution >= 4 is 23.3 Å². The number of aromatic amines is 1. The van der Waals surface area contributed by atoms with Gasteiger partial charge in [-0.2, -0.15) is 0 Å². The normalized spacial score (nSPS) is 10.1. The molecule has 0 aromatic carbocycles. The van der Waals surface area contributed by atoms with Crippen LogP contribution in [0.25, 0.3) is 0 Å². The van der Waals surface area contributed by atoms with E-state index in [1.165, 1.54) is 24.5 Å². The second-order valence-corrected chi connectivity index (χ2v) is 3.90. The van der Waals surface area contributed by atoms with Crippen LogP contribution >= 0.6 is 11.6 Å². The summed E-state index contributed by atoms with van der Waals surface area (Å²) in [6, 6.07) is 2.83. The first-order valence-corrected chi connectivity index (χ1v) is 5.43. The fraction of sp³-hybridized carbons (Fsp3) is 0.0909. The highest BCUT2D eigenvalue weighted by atomic mass is 35.5. The van der Waals surface area contributed by atoms with Crippen molar-refractivity contribution in [2.24, 2.45) is 0 Å². The Morgan fingerprint density at radius 2 is 2.28 bits per heavy atom. The van der Waals surface area contributed by atoms with Crippen molar-refractivity contribution in [2.45, 2.75) is 6.92 Å². The van der Waals surface area contributed by atoms with E-state index in [9.17, 15) is 9.59 Å². The number of carbonyl (C=O) groups is 1. The molecule has 0 fully saturated rings. The predicted molar refractivity (Wildman–Crippen MR) is 66.8 cm³/mol. The summed E-state index contributed by atoms with van der Waals surface area (Å²) in [4.78, 5) is 33.7. The van der Waals surface area contributed by atoms with E-state index in [2.05, 4.69) is 20.3 Å². The van der Waals surface area contributed by atoms with Gasteiger partial charge in [0.05, 0.1) is 0 Å². The second-order valence-electron chi connectivity index (χ2n) is 3.56. The van der Waals surface area contributed by atoms with Gasteiger partial charge in [0.15, 0.2) is 5.43 Å². The Balaban J connectivity index is 2.25. The molecule has 2 heterocycles. The van der Waals surface area contributed by atoms with E-state index < -0.39 is 5.91 Å². The third-order valence-corrected chi connectivity index (χ3v) is 2.35. The van der Waals surface area contributed by atoms with Crippen molar-refractivity contribution in [1.82, 2.24) is 15.0 Å². The molecule has 18 heavy (non-hydrogen) atoms. The third kappa shape index (κ3) is 2.72. The lowest BCUT2D eigenvalue weighted by atomic mass is 10.2. The quantitative estimate of drug-likeness (QED) is 0.802. The summed E-state index contributed by atoms with van der Waals surface area (Å²) < 4.78 is 0. The van der Waals surface area contributed by atoms with E-state index in [4.69, 9.17) is 11.6 Å². The van der Waals surface area contributed by atoms with Crippen molar-refractivity contribution in [3.8, 4) is 0 Å². The molecule has 6 nitrogen and oxygen atoms in total. The first-order valence-electron chi connectivity index (χ1n) is 5.05. The van der Waals surface area contributed by atoms with E-state index in [-0.39, 0.29) is 22.1 Å². The van der Waals surface area contributed by atoms with Crippen molar-refractivity contribution < 1.29 is 4.79 Å². The number of halogens is 1. The molecule has 0 saturated heterocycles. The Kier molecular flexibility index (Phi) is 3.38. The maximum absolute atomic E-state index is 11.8. The van der Waals surface area contributed by atoms with Crippen LogP contribution in [-0.4, -0.2) is 20.9 Å². The van der Waals surface area contributed by atoms with Crippen LogP contribution in [0.4, 0.5) is 5.82 Å². The van der Waals surface area contributed by atoms with Crippen LogP contribution in [0.3, 0.4) is 0 Å². The average Bonchev–Trinajstić information content (AvgIpc) is 2.28. The lowest BCUT2D eigenvalue weighted by Gasteiger charge is -2.03. The minimum atomic E-state index is -0.550. The number of pyridine rings is 1. The van der Waals surface area contributed by atoms with Crippen LogP contribution in [0.1, 0.15) is 16.1 Å². The molecule has 2 aromatic heterocycles. The minimum absolute atomic E-state index is 0.00957. The lowest BCUT2D eigenvalue weighted by Crippen LogP contribution is -2.22.